The van der Waals surface area contributed by atoms with Gasteiger partial charge in [0.05, 0.1) is 13.2 Å². The molecule has 19 heavy (non-hydrogen) atoms. The van der Waals surface area contributed by atoms with Gasteiger partial charge in [-0.05, 0) is 50.3 Å². The number of phenols is 1. The summed E-state index contributed by atoms with van der Waals surface area (Å²) >= 11 is 0. The molecule has 1 fully saturated rings. The summed E-state index contributed by atoms with van der Waals surface area (Å²) in [6, 6.07) is 6.39. The first-order valence-corrected chi connectivity index (χ1v) is 7.25. The van der Waals surface area contributed by atoms with Gasteiger partial charge in [0, 0.05) is 18.1 Å². The average Bonchev–Trinajstić information content (AvgIpc) is 2.39. The second kappa shape index (κ2) is 4.80. The van der Waals surface area contributed by atoms with E-state index in [-0.39, 0.29) is 5.54 Å². The molecule has 1 unspecified atom stereocenters. The Morgan fingerprint density at radius 3 is 3.00 bits per heavy atom. The Kier molecular flexibility index (Phi) is 3.27. The molecule has 0 bridgehead atoms. The van der Waals surface area contributed by atoms with Gasteiger partial charge in [-0.25, -0.2) is 0 Å². The Morgan fingerprint density at radius 1 is 1.37 bits per heavy atom. The highest BCUT2D eigenvalue weighted by Crippen LogP contribution is 2.41. The first-order chi connectivity index (χ1) is 9.09. The Labute approximate surface area is 115 Å². The topological polar surface area (TPSA) is 32.7 Å². The Hall–Kier alpha value is -1.06. The monoisotopic (exact) mass is 261 g/mol. The van der Waals surface area contributed by atoms with Gasteiger partial charge in [-0.1, -0.05) is 12.1 Å². The van der Waals surface area contributed by atoms with Gasteiger partial charge in [0.25, 0.3) is 0 Å². The van der Waals surface area contributed by atoms with E-state index in [2.05, 4.69) is 24.8 Å². The smallest absolute Gasteiger partial charge is 0.119 e. The lowest BCUT2D eigenvalue weighted by atomic mass is 9.84. The molecule has 2 aliphatic rings. The van der Waals surface area contributed by atoms with Gasteiger partial charge in [-0.15, -0.1) is 0 Å². The molecule has 1 aliphatic heterocycles. The maximum absolute atomic E-state index is 10.1. The van der Waals surface area contributed by atoms with Crippen molar-refractivity contribution >= 4 is 0 Å². The standard InChI is InChI=1S/C16H23NO2/c1-16(2)11-19-10-9-17(16)14-7-3-6-13-12(14)5-4-8-15(13)18/h4-5,8,14,18H,3,6-7,9-11H2,1-2H3. The molecule has 0 spiro atoms. The molecule has 1 N–H and O–H groups in total. The molecule has 3 nitrogen and oxygen atoms in total. The zero-order valence-corrected chi connectivity index (χ0v) is 11.9. The lowest BCUT2D eigenvalue weighted by Gasteiger charge is -2.48. The van der Waals surface area contributed by atoms with Gasteiger partial charge in [0.2, 0.25) is 0 Å². The molecule has 0 saturated carbocycles. The van der Waals surface area contributed by atoms with Crippen molar-refractivity contribution in [3.63, 3.8) is 0 Å². The zero-order valence-electron chi connectivity index (χ0n) is 11.9. The summed E-state index contributed by atoms with van der Waals surface area (Å²) in [5.41, 5.74) is 2.55. The van der Waals surface area contributed by atoms with E-state index in [9.17, 15) is 5.11 Å². The molecule has 1 saturated heterocycles. The van der Waals surface area contributed by atoms with Crippen molar-refractivity contribution in [1.82, 2.24) is 4.90 Å². The van der Waals surface area contributed by atoms with Crippen LogP contribution in [0.5, 0.6) is 5.75 Å². The SMILES string of the molecule is CC1(C)COCCN1C1CCCc2c(O)cccc21. The zero-order chi connectivity index (χ0) is 13.5. The molecular weight excluding hydrogens is 238 g/mol. The summed E-state index contributed by atoms with van der Waals surface area (Å²) < 4.78 is 5.63. The fourth-order valence-corrected chi connectivity index (χ4v) is 3.58. The van der Waals surface area contributed by atoms with Crippen LogP contribution in [0.4, 0.5) is 0 Å². The van der Waals surface area contributed by atoms with Crippen molar-refractivity contribution in [1.29, 1.82) is 0 Å². The van der Waals surface area contributed by atoms with Crippen LogP contribution in [0.15, 0.2) is 18.2 Å². The summed E-state index contributed by atoms with van der Waals surface area (Å²) in [7, 11) is 0. The minimum absolute atomic E-state index is 0.0724. The maximum atomic E-state index is 10.1. The van der Waals surface area contributed by atoms with E-state index in [1.807, 2.05) is 12.1 Å². The molecule has 3 rings (SSSR count). The quantitative estimate of drug-likeness (QED) is 0.843. The number of nitrogens with zero attached hydrogens (tertiary/aromatic N) is 1. The predicted octanol–water partition coefficient (Wildman–Crippen LogP) is 2.88. The molecule has 0 amide bonds. The van der Waals surface area contributed by atoms with Crippen LogP contribution in [0.1, 0.15) is 43.9 Å². The number of benzene rings is 1. The van der Waals surface area contributed by atoms with E-state index in [0.717, 1.165) is 38.2 Å². The van der Waals surface area contributed by atoms with E-state index < -0.39 is 0 Å². The Balaban J connectivity index is 1.97. The van der Waals surface area contributed by atoms with Gasteiger partial charge >= 0.3 is 0 Å². The lowest BCUT2D eigenvalue weighted by Crippen LogP contribution is -2.54. The largest absolute Gasteiger partial charge is 0.508 e. The number of fused-ring (bicyclic) bond motifs is 1. The van der Waals surface area contributed by atoms with E-state index >= 15 is 0 Å². The summed E-state index contributed by atoms with van der Waals surface area (Å²) in [5, 5.41) is 10.1. The molecule has 3 heteroatoms. The van der Waals surface area contributed by atoms with Crippen LogP contribution in [0, 0.1) is 0 Å². The van der Waals surface area contributed by atoms with Crippen LogP contribution in [-0.2, 0) is 11.2 Å². The maximum Gasteiger partial charge on any atom is 0.119 e. The van der Waals surface area contributed by atoms with Crippen LogP contribution in [0.25, 0.3) is 0 Å². The summed E-state index contributed by atoms with van der Waals surface area (Å²) in [6.07, 6.45) is 3.34. The van der Waals surface area contributed by atoms with Gasteiger partial charge < -0.3 is 9.84 Å². The molecule has 104 valence electrons. The molecule has 1 heterocycles. The number of hydrogen-bond donors (Lipinski definition) is 1. The number of phenolic OH excluding ortho intramolecular Hbond substituents is 1. The highest BCUT2D eigenvalue weighted by Gasteiger charge is 2.38. The van der Waals surface area contributed by atoms with Crippen LogP contribution < -0.4 is 0 Å². The molecule has 0 aromatic heterocycles. The molecular formula is C16H23NO2. The van der Waals surface area contributed by atoms with Crippen molar-refractivity contribution in [3.8, 4) is 5.75 Å². The second-order valence-electron chi connectivity index (χ2n) is 6.31. The Bertz CT molecular complexity index is 470. The number of morpholine rings is 1. The molecule has 1 aromatic rings. The van der Waals surface area contributed by atoms with E-state index in [1.54, 1.807) is 0 Å². The Morgan fingerprint density at radius 2 is 2.21 bits per heavy atom. The number of aromatic hydroxyl groups is 1. The first kappa shape index (κ1) is 12.9. The van der Waals surface area contributed by atoms with E-state index in [4.69, 9.17) is 4.74 Å². The minimum Gasteiger partial charge on any atom is -0.508 e. The number of hydrogen-bond acceptors (Lipinski definition) is 3. The normalized spacial score (nSPS) is 26.9. The van der Waals surface area contributed by atoms with Gasteiger partial charge in [-0.2, -0.15) is 0 Å². The van der Waals surface area contributed by atoms with E-state index in [0.29, 0.717) is 11.8 Å². The average molecular weight is 261 g/mol. The first-order valence-electron chi connectivity index (χ1n) is 7.25. The highest BCUT2D eigenvalue weighted by molar-refractivity contribution is 5.42. The van der Waals surface area contributed by atoms with Crippen molar-refractivity contribution in [2.45, 2.75) is 44.7 Å². The summed E-state index contributed by atoms with van der Waals surface area (Å²) in [4.78, 5) is 2.56. The van der Waals surface area contributed by atoms with Crippen LogP contribution in [0.3, 0.4) is 0 Å². The van der Waals surface area contributed by atoms with Crippen LogP contribution in [-0.4, -0.2) is 35.3 Å². The third kappa shape index (κ3) is 2.26. The summed E-state index contributed by atoms with van der Waals surface area (Å²) in [6.45, 7) is 7.09. The van der Waals surface area contributed by atoms with E-state index in [1.165, 1.54) is 12.0 Å². The lowest BCUT2D eigenvalue weighted by molar-refractivity contribution is -0.0759. The van der Waals surface area contributed by atoms with Crippen LogP contribution in [0.2, 0.25) is 0 Å². The summed E-state index contributed by atoms with van der Waals surface area (Å²) in [5.74, 6) is 0.466. The van der Waals surface area contributed by atoms with Crippen LogP contribution >= 0.6 is 0 Å². The van der Waals surface area contributed by atoms with Crippen molar-refractivity contribution in [3.05, 3.63) is 29.3 Å². The predicted molar refractivity (Wildman–Crippen MR) is 75.4 cm³/mol. The third-order valence-electron chi connectivity index (χ3n) is 4.54. The highest BCUT2D eigenvalue weighted by atomic mass is 16.5. The molecule has 0 radical (unpaired) electrons. The second-order valence-corrected chi connectivity index (χ2v) is 6.31. The van der Waals surface area contributed by atoms with Crippen molar-refractivity contribution in [2.75, 3.05) is 19.8 Å². The molecule has 1 aromatic carbocycles. The fourth-order valence-electron chi connectivity index (χ4n) is 3.58. The third-order valence-corrected chi connectivity index (χ3v) is 4.54. The fraction of sp³-hybridized carbons (Fsp3) is 0.625. The number of rotatable bonds is 1. The van der Waals surface area contributed by atoms with Crippen molar-refractivity contribution < 1.29 is 9.84 Å². The minimum atomic E-state index is 0.0724. The van der Waals surface area contributed by atoms with Gasteiger partial charge in [-0.3, -0.25) is 4.90 Å². The van der Waals surface area contributed by atoms with Crippen molar-refractivity contribution in [2.24, 2.45) is 0 Å². The number of ether oxygens (including phenoxy) is 1. The molecule has 1 atom stereocenters. The molecule has 1 aliphatic carbocycles. The van der Waals surface area contributed by atoms with Gasteiger partial charge in [0.15, 0.2) is 0 Å². The van der Waals surface area contributed by atoms with Gasteiger partial charge in [0.1, 0.15) is 5.75 Å².